The number of rotatable bonds is 2. The van der Waals surface area contributed by atoms with E-state index < -0.39 is 0 Å². The Morgan fingerprint density at radius 1 is 1.28 bits per heavy atom. The van der Waals surface area contributed by atoms with Crippen LogP contribution in [0.4, 0.5) is 0 Å². The summed E-state index contributed by atoms with van der Waals surface area (Å²) in [6.45, 7) is 0. The summed E-state index contributed by atoms with van der Waals surface area (Å²) >= 11 is 1.57. The molecule has 0 bridgehead atoms. The van der Waals surface area contributed by atoms with Gasteiger partial charge in [0, 0.05) is 17.3 Å². The van der Waals surface area contributed by atoms with E-state index in [-0.39, 0.29) is 0 Å². The fourth-order valence-corrected chi connectivity index (χ4v) is 2.74. The second kappa shape index (κ2) is 4.61. The molecule has 3 rings (SSSR count). The monoisotopic (exact) mass is 258 g/mol. The molecule has 0 N–H and O–H groups in total. The molecule has 0 amide bonds. The zero-order valence-electron chi connectivity index (χ0n) is 10.4. The molecule has 1 aliphatic carbocycles. The molecule has 2 aromatic rings. The Morgan fingerprint density at radius 3 is 2.94 bits per heavy atom. The first-order valence-corrected chi connectivity index (χ1v) is 7.12. The van der Waals surface area contributed by atoms with Gasteiger partial charge >= 0.3 is 0 Å². The Balaban J connectivity index is 2.21. The second-order valence-corrected chi connectivity index (χ2v) is 4.99. The zero-order chi connectivity index (χ0) is 12.5. The van der Waals surface area contributed by atoms with Gasteiger partial charge in [0.15, 0.2) is 5.16 Å². The molecule has 1 heterocycles. The van der Waals surface area contributed by atoms with Gasteiger partial charge in [-0.1, -0.05) is 23.9 Å². The predicted molar refractivity (Wildman–Crippen MR) is 73.2 cm³/mol. The van der Waals surface area contributed by atoms with Gasteiger partial charge in [-0.3, -0.25) is 0 Å². The molecule has 0 saturated heterocycles. The SMILES string of the molecule is COc1cccc2c1CCc1cnc(SC)nc1-2. The minimum atomic E-state index is 0.824. The van der Waals surface area contributed by atoms with Crippen molar-refractivity contribution in [2.45, 2.75) is 18.0 Å². The summed E-state index contributed by atoms with van der Waals surface area (Å²) < 4.78 is 5.44. The number of nitrogens with zero attached hydrogens (tertiary/aromatic N) is 2. The summed E-state index contributed by atoms with van der Waals surface area (Å²) in [6, 6.07) is 6.15. The molecule has 0 radical (unpaired) electrons. The quantitative estimate of drug-likeness (QED) is 0.613. The van der Waals surface area contributed by atoms with Crippen molar-refractivity contribution in [3.8, 4) is 17.0 Å². The minimum Gasteiger partial charge on any atom is -0.496 e. The van der Waals surface area contributed by atoms with E-state index in [1.54, 1.807) is 18.9 Å². The van der Waals surface area contributed by atoms with Crippen molar-refractivity contribution < 1.29 is 4.74 Å². The highest BCUT2D eigenvalue weighted by atomic mass is 32.2. The third-order valence-corrected chi connectivity index (χ3v) is 3.84. The smallest absolute Gasteiger partial charge is 0.187 e. The molecule has 1 aromatic heterocycles. The summed E-state index contributed by atoms with van der Waals surface area (Å²) in [5, 5.41) is 0.824. The predicted octanol–water partition coefficient (Wildman–Crippen LogP) is 2.97. The lowest BCUT2D eigenvalue weighted by Crippen LogP contribution is -2.08. The molecule has 4 heteroatoms. The van der Waals surface area contributed by atoms with E-state index in [4.69, 9.17) is 4.74 Å². The number of aromatic nitrogens is 2. The maximum Gasteiger partial charge on any atom is 0.187 e. The first-order valence-electron chi connectivity index (χ1n) is 5.89. The van der Waals surface area contributed by atoms with Crippen molar-refractivity contribution in [3.63, 3.8) is 0 Å². The number of hydrogen-bond acceptors (Lipinski definition) is 4. The van der Waals surface area contributed by atoms with Crippen LogP contribution < -0.4 is 4.74 Å². The van der Waals surface area contributed by atoms with E-state index in [1.807, 2.05) is 24.6 Å². The van der Waals surface area contributed by atoms with Gasteiger partial charge in [0.05, 0.1) is 12.8 Å². The van der Waals surface area contributed by atoms with Gasteiger partial charge in [-0.2, -0.15) is 0 Å². The first kappa shape index (κ1) is 11.5. The molecule has 1 aromatic carbocycles. The fraction of sp³-hybridized carbons (Fsp3) is 0.286. The van der Waals surface area contributed by atoms with E-state index in [9.17, 15) is 0 Å². The van der Waals surface area contributed by atoms with E-state index in [0.717, 1.165) is 29.4 Å². The van der Waals surface area contributed by atoms with Crippen molar-refractivity contribution in [2.75, 3.05) is 13.4 Å². The Hall–Kier alpha value is -1.55. The molecule has 92 valence electrons. The summed E-state index contributed by atoms with van der Waals surface area (Å²) in [7, 11) is 1.72. The zero-order valence-corrected chi connectivity index (χ0v) is 11.3. The van der Waals surface area contributed by atoms with Crippen LogP contribution in [0.2, 0.25) is 0 Å². The summed E-state index contributed by atoms with van der Waals surface area (Å²) in [4.78, 5) is 8.99. The lowest BCUT2D eigenvalue weighted by Gasteiger charge is -2.20. The highest BCUT2D eigenvalue weighted by Gasteiger charge is 2.20. The number of methoxy groups -OCH3 is 1. The fourth-order valence-electron chi connectivity index (χ4n) is 2.40. The third kappa shape index (κ3) is 1.77. The maximum absolute atomic E-state index is 5.44. The van der Waals surface area contributed by atoms with Gasteiger partial charge in [-0.15, -0.1) is 0 Å². The average Bonchev–Trinajstić information content (AvgIpc) is 2.45. The number of fused-ring (bicyclic) bond motifs is 3. The number of aryl methyl sites for hydroxylation is 1. The van der Waals surface area contributed by atoms with E-state index in [2.05, 4.69) is 16.0 Å². The molecule has 0 fully saturated rings. The molecule has 0 aliphatic heterocycles. The molecular weight excluding hydrogens is 244 g/mol. The van der Waals surface area contributed by atoms with Crippen molar-refractivity contribution in [1.82, 2.24) is 9.97 Å². The van der Waals surface area contributed by atoms with Crippen LogP contribution in [0, 0.1) is 0 Å². The summed E-state index contributed by atoms with van der Waals surface area (Å²) in [5.41, 5.74) is 4.75. The van der Waals surface area contributed by atoms with Crippen molar-refractivity contribution >= 4 is 11.8 Å². The molecule has 0 spiro atoms. The van der Waals surface area contributed by atoms with Crippen molar-refractivity contribution in [1.29, 1.82) is 0 Å². The van der Waals surface area contributed by atoms with Crippen LogP contribution in [0.5, 0.6) is 5.75 Å². The molecule has 18 heavy (non-hydrogen) atoms. The van der Waals surface area contributed by atoms with E-state index in [0.29, 0.717) is 0 Å². The molecule has 1 aliphatic rings. The number of benzene rings is 1. The average molecular weight is 258 g/mol. The molecule has 3 nitrogen and oxygen atoms in total. The Labute approximate surface area is 111 Å². The topological polar surface area (TPSA) is 35.0 Å². The Morgan fingerprint density at radius 2 is 2.17 bits per heavy atom. The highest BCUT2D eigenvalue weighted by Crippen LogP contribution is 2.37. The lowest BCUT2D eigenvalue weighted by molar-refractivity contribution is 0.409. The van der Waals surface area contributed by atoms with Gasteiger partial charge in [-0.25, -0.2) is 9.97 Å². The van der Waals surface area contributed by atoms with Crippen LogP contribution in [-0.2, 0) is 12.8 Å². The Kier molecular flexibility index (Phi) is 2.96. The van der Waals surface area contributed by atoms with Crippen LogP contribution in [0.15, 0.2) is 29.6 Å². The van der Waals surface area contributed by atoms with Crippen LogP contribution in [0.25, 0.3) is 11.3 Å². The summed E-state index contributed by atoms with van der Waals surface area (Å²) in [5.74, 6) is 0.961. The standard InChI is InChI=1S/C14H14N2OS/c1-17-12-5-3-4-11-10(12)7-6-9-8-15-14(18-2)16-13(9)11/h3-5,8H,6-7H2,1-2H3. The van der Waals surface area contributed by atoms with Gasteiger partial charge in [0.25, 0.3) is 0 Å². The van der Waals surface area contributed by atoms with Crippen molar-refractivity contribution in [3.05, 3.63) is 35.5 Å². The van der Waals surface area contributed by atoms with Crippen LogP contribution >= 0.6 is 11.8 Å². The third-order valence-electron chi connectivity index (χ3n) is 3.28. The lowest BCUT2D eigenvalue weighted by atomic mass is 9.89. The maximum atomic E-state index is 5.44. The first-order chi connectivity index (χ1) is 8.83. The molecule has 0 unspecified atom stereocenters. The van der Waals surface area contributed by atoms with Crippen LogP contribution in [0.1, 0.15) is 11.1 Å². The Bertz CT molecular complexity index is 598. The van der Waals surface area contributed by atoms with E-state index in [1.165, 1.54) is 16.7 Å². The van der Waals surface area contributed by atoms with Gasteiger partial charge in [0.2, 0.25) is 0 Å². The number of ether oxygens (including phenoxy) is 1. The number of hydrogen-bond donors (Lipinski definition) is 0. The van der Waals surface area contributed by atoms with E-state index >= 15 is 0 Å². The number of thioether (sulfide) groups is 1. The molecular formula is C14H14N2OS. The van der Waals surface area contributed by atoms with Gasteiger partial charge < -0.3 is 4.74 Å². The largest absolute Gasteiger partial charge is 0.496 e. The van der Waals surface area contributed by atoms with Crippen molar-refractivity contribution in [2.24, 2.45) is 0 Å². The highest BCUT2D eigenvalue weighted by molar-refractivity contribution is 7.98. The second-order valence-electron chi connectivity index (χ2n) is 4.22. The summed E-state index contributed by atoms with van der Waals surface area (Å²) in [6.07, 6.45) is 5.93. The normalized spacial score (nSPS) is 12.8. The molecule has 0 saturated carbocycles. The van der Waals surface area contributed by atoms with Crippen LogP contribution in [0.3, 0.4) is 0 Å². The minimum absolute atomic E-state index is 0.824. The van der Waals surface area contributed by atoms with Gasteiger partial charge in [-0.05, 0) is 30.7 Å². The molecule has 0 atom stereocenters. The van der Waals surface area contributed by atoms with Gasteiger partial charge in [0.1, 0.15) is 5.75 Å². The van der Waals surface area contributed by atoms with Crippen LogP contribution in [-0.4, -0.2) is 23.3 Å².